The molecule has 3 rings (SSSR count). The average molecular weight is 436 g/mol. The molecule has 1 aliphatic rings. The standard InChI is InChI=1S/C19H21FN4O5S/c1-21-14-5-3-4-10-24-17(14)23-15(16(19(24)26)29-30(2,27)28)18(25)22-11-12-6-8-13(20)9-7-12/h5-9,21H,3-4,10-11H2,1-2H3,(H,22,25). The summed E-state index contributed by atoms with van der Waals surface area (Å²) < 4.78 is 42.6. The Bertz CT molecular complexity index is 1160. The predicted molar refractivity (Wildman–Crippen MR) is 108 cm³/mol. The third kappa shape index (κ3) is 4.85. The Morgan fingerprint density at radius 1 is 1.30 bits per heavy atom. The van der Waals surface area contributed by atoms with Gasteiger partial charge in [0.1, 0.15) is 5.82 Å². The van der Waals surface area contributed by atoms with Crippen molar-refractivity contribution in [2.24, 2.45) is 0 Å². The SMILES string of the molecule is CNC1=CCCCn2c1nc(C(=O)NCc1ccc(F)cc1)c(OS(C)(=O)=O)c2=O. The molecule has 0 aliphatic carbocycles. The minimum atomic E-state index is -4.09. The molecule has 1 amide bonds. The fourth-order valence-corrected chi connectivity index (χ4v) is 3.45. The summed E-state index contributed by atoms with van der Waals surface area (Å²) in [6.07, 6.45) is 3.94. The van der Waals surface area contributed by atoms with Crippen LogP contribution in [0.1, 0.15) is 34.7 Å². The van der Waals surface area contributed by atoms with Gasteiger partial charge >= 0.3 is 10.1 Å². The van der Waals surface area contributed by atoms with Crippen molar-refractivity contribution in [1.82, 2.24) is 20.2 Å². The highest BCUT2D eigenvalue weighted by Crippen LogP contribution is 2.20. The van der Waals surface area contributed by atoms with Crippen molar-refractivity contribution in [2.45, 2.75) is 25.9 Å². The Morgan fingerprint density at radius 2 is 2.00 bits per heavy atom. The molecule has 2 heterocycles. The molecule has 1 aromatic carbocycles. The molecule has 2 N–H and O–H groups in total. The van der Waals surface area contributed by atoms with Crippen LogP contribution in [0.2, 0.25) is 0 Å². The van der Waals surface area contributed by atoms with Gasteiger partial charge in [-0.05, 0) is 30.5 Å². The van der Waals surface area contributed by atoms with E-state index < -0.39 is 38.8 Å². The second kappa shape index (κ2) is 8.66. The molecular weight excluding hydrogens is 415 g/mol. The average Bonchev–Trinajstić information content (AvgIpc) is 2.90. The van der Waals surface area contributed by atoms with Gasteiger partial charge in [0.2, 0.25) is 5.75 Å². The summed E-state index contributed by atoms with van der Waals surface area (Å²) in [5.74, 6) is -1.65. The highest BCUT2D eigenvalue weighted by atomic mass is 32.2. The van der Waals surface area contributed by atoms with Crippen molar-refractivity contribution < 1.29 is 21.8 Å². The molecule has 0 atom stereocenters. The maximum atomic E-state index is 13.1. The maximum absolute atomic E-state index is 13.1. The molecule has 2 aromatic rings. The zero-order valence-electron chi connectivity index (χ0n) is 16.4. The molecule has 9 nitrogen and oxygen atoms in total. The van der Waals surface area contributed by atoms with Crippen molar-refractivity contribution in [3.63, 3.8) is 0 Å². The van der Waals surface area contributed by atoms with Gasteiger partial charge in [-0.15, -0.1) is 0 Å². The first-order valence-electron chi connectivity index (χ1n) is 9.15. The second-order valence-corrected chi connectivity index (χ2v) is 8.25. The number of carbonyl (C=O) groups excluding carboxylic acids is 1. The molecule has 30 heavy (non-hydrogen) atoms. The van der Waals surface area contributed by atoms with E-state index in [-0.39, 0.29) is 12.4 Å². The fraction of sp³-hybridized carbons (Fsp3) is 0.316. The number of allylic oxidation sites excluding steroid dienone is 1. The Morgan fingerprint density at radius 3 is 2.63 bits per heavy atom. The van der Waals surface area contributed by atoms with Crippen LogP contribution in [0.3, 0.4) is 0 Å². The molecular formula is C19H21FN4O5S. The lowest BCUT2D eigenvalue weighted by Crippen LogP contribution is -2.34. The van der Waals surface area contributed by atoms with Crippen LogP contribution < -0.4 is 20.4 Å². The number of nitrogens with zero attached hydrogens (tertiary/aromatic N) is 2. The first-order chi connectivity index (χ1) is 14.2. The molecule has 0 saturated carbocycles. The van der Waals surface area contributed by atoms with Crippen molar-refractivity contribution in [1.29, 1.82) is 0 Å². The van der Waals surface area contributed by atoms with Crippen LogP contribution >= 0.6 is 0 Å². The first kappa shape index (κ1) is 21.5. The van der Waals surface area contributed by atoms with E-state index in [4.69, 9.17) is 4.18 Å². The van der Waals surface area contributed by atoms with E-state index in [1.165, 1.54) is 28.8 Å². The van der Waals surface area contributed by atoms with E-state index in [1.807, 2.05) is 6.08 Å². The van der Waals surface area contributed by atoms with Crippen LogP contribution in [0.5, 0.6) is 5.75 Å². The highest BCUT2D eigenvalue weighted by molar-refractivity contribution is 7.86. The summed E-state index contributed by atoms with van der Waals surface area (Å²) in [4.78, 5) is 30.1. The molecule has 0 fully saturated rings. The number of rotatable bonds is 6. The lowest BCUT2D eigenvalue weighted by molar-refractivity contribution is 0.0943. The molecule has 0 unspecified atom stereocenters. The van der Waals surface area contributed by atoms with Crippen LogP contribution in [0.15, 0.2) is 35.1 Å². The van der Waals surface area contributed by atoms with Crippen molar-refractivity contribution in [3.05, 3.63) is 63.6 Å². The Kier molecular flexibility index (Phi) is 6.20. The zero-order chi connectivity index (χ0) is 21.9. The van der Waals surface area contributed by atoms with Crippen LogP contribution in [0, 0.1) is 5.82 Å². The van der Waals surface area contributed by atoms with Crippen LogP contribution in [-0.2, 0) is 23.2 Å². The molecule has 1 aliphatic heterocycles. The number of benzene rings is 1. The number of hydrogen-bond acceptors (Lipinski definition) is 7. The molecule has 0 spiro atoms. The summed E-state index contributed by atoms with van der Waals surface area (Å²) in [5.41, 5.74) is -0.0528. The largest absolute Gasteiger partial charge is 0.385 e. The third-order valence-electron chi connectivity index (χ3n) is 4.39. The summed E-state index contributed by atoms with van der Waals surface area (Å²) >= 11 is 0. The van der Waals surface area contributed by atoms with Crippen molar-refractivity contribution in [3.8, 4) is 5.75 Å². The summed E-state index contributed by atoms with van der Waals surface area (Å²) in [5, 5.41) is 5.49. The second-order valence-electron chi connectivity index (χ2n) is 6.68. The lowest BCUT2D eigenvalue weighted by Gasteiger charge is -2.16. The summed E-state index contributed by atoms with van der Waals surface area (Å²) in [7, 11) is -2.43. The number of amides is 1. The third-order valence-corrected chi connectivity index (χ3v) is 4.86. The van der Waals surface area contributed by atoms with Gasteiger partial charge in [0.25, 0.3) is 11.5 Å². The van der Waals surface area contributed by atoms with Crippen LogP contribution in [-0.4, -0.2) is 37.2 Å². The van der Waals surface area contributed by atoms with Gasteiger partial charge in [0, 0.05) is 20.1 Å². The molecule has 0 bridgehead atoms. The zero-order valence-corrected chi connectivity index (χ0v) is 17.3. The van der Waals surface area contributed by atoms with Crippen LogP contribution in [0.4, 0.5) is 4.39 Å². The normalized spacial score (nSPS) is 13.6. The van der Waals surface area contributed by atoms with E-state index in [1.54, 1.807) is 7.05 Å². The Labute approximate surface area is 172 Å². The van der Waals surface area contributed by atoms with E-state index in [2.05, 4.69) is 15.6 Å². The summed E-state index contributed by atoms with van der Waals surface area (Å²) in [6, 6.07) is 5.48. The monoisotopic (exact) mass is 436 g/mol. The lowest BCUT2D eigenvalue weighted by atomic mass is 10.2. The topological polar surface area (TPSA) is 119 Å². The number of nitrogens with one attached hydrogen (secondary N) is 2. The number of aromatic nitrogens is 2. The molecule has 11 heteroatoms. The van der Waals surface area contributed by atoms with Gasteiger partial charge in [-0.1, -0.05) is 18.2 Å². The Balaban J connectivity index is 2.05. The van der Waals surface area contributed by atoms with Crippen molar-refractivity contribution in [2.75, 3.05) is 13.3 Å². The Hall–Kier alpha value is -3.21. The van der Waals surface area contributed by atoms with Gasteiger partial charge in [-0.2, -0.15) is 8.42 Å². The van der Waals surface area contributed by atoms with E-state index in [9.17, 15) is 22.4 Å². The minimum absolute atomic E-state index is 0.0201. The molecule has 160 valence electrons. The number of carbonyl (C=O) groups is 1. The van der Waals surface area contributed by atoms with Gasteiger partial charge in [-0.25, -0.2) is 9.37 Å². The number of fused-ring (bicyclic) bond motifs is 1. The van der Waals surface area contributed by atoms with Gasteiger partial charge in [0.05, 0.1) is 12.0 Å². The molecule has 1 aromatic heterocycles. The van der Waals surface area contributed by atoms with Crippen LogP contribution in [0.25, 0.3) is 5.70 Å². The van der Waals surface area contributed by atoms with E-state index in [0.29, 0.717) is 30.6 Å². The van der Waals surface area contributed by atoms with E-state index >= 15 is 0 Å². The summed E-state index contributed by atoms with van der Waals surface area (Å²) in [6.45, 7) is 0.312. The first-order valence-corrected chi connectivity index (χ1v) is 11.0. The predicted octanol–water partition coefficient (Wildman–Crippen LogP) is 1.00. The fourth-order valence-electron chi connectivity index (χ4n) is 3.00. The van der Waals surface area contributed by atoms with Gasteiger partial charge in [-0.3, -0.25) is 14.2 Å². The smallest absolute Gasteiger partial charge is 0.306 e. The molecule has 0 radical (unpaired) electrons. The quantitative estimate of drug-likeness (QED) is 0.649. The highest BCUT2D eigenvalue weighted by Gasteiger charge is 2.27. The van der Waals surface area contributed by atoms with Crippen molar-refractivity contribution >= 4 is 21.7 Å². The molecule has 0 saturated heterocycles. The minimum Gasteiger partial charge on any atom is -0.385 e. The van der Waals surface area contributed by atoms with E-state index in [0.717, 1.165) is 6.26 Å². The number of hydrogen-bond donors (Lipinski definition) is 2. The van der Waals surface area contributed by atoms with Gasteiger partial charge < -0.3 is 14.8 Å². The number of halogens is 1. The maximum Gasteiger partial charge on any atom is 0.306 e. The van der Waals surface area contributed by atoms with Gasteiger partial charge in [0.15, 0.2) is 11.5 Å².